The fraction of sp³-hybridized carbons (Fsp3) is 0.611. The van der Waals surface area contributed by atoms with Crippen LogP contribution in [-0.2, 0) is 11.2 Å². The fourth-order valence-electron chi connectivity index (χ4n) is 3.25. The predicted octanol–water partition coefficient (Wildman–Crippen LogP) is 1.98. The highest BCUT2D eigenvalue weighted by molar-refractivity contribution is 5.77. The van der Waals surface area contributed by atoms with E-state index in [0.717, 1.165) is 31.4 Å². The monoisotopic (exact) mass is 336 g/mol. The molecule has 6 heteroatoms. The molecule has 1 aliphatic heterocycles. The van der Waals surface area contributed by atoms with Gasteiger partial charge in [0.05, 0.1) is 21.3 Å². The summed E-state index contributed by atoms with van der Waals surface area (Å²) < 4.78 is 16.0. The molecule has 24 heavy (non-hydrogen) atoms. The summed E-state index contributed by atoms with van der Waals surface area (Å²) in [6.07, 6.45) is 4.30. The average Bonchev–Trinajstić information content (AvgIpc) is 2.64. The molecule has 0 saturated carbocycles. The van der Waals surface area contributed by atoms with Crippen molar-refractivity contribution in [3.05, 3.63) is 17.7 Å². The number of carbonyl (C=O) groups is 1. The van der Waals surface area contributed by atoms with Gasteiger partial charge < -0.3 is 24.8 Å². The molecule has 0 aliphatic carbocycles. The summed E-state index contributed by atoms with van der Waals surface area (Å²) in [5.74, 6) is 1.95. The lowest BCUT2D eigenvalue weighted by molar-refractivity contribution is -0.134. The van der Waals surface area contributed by atoms with Crippen molar-refractivity contribution < 1.29 is 19.0 Å². The zero-order valence-electron chi connectivity index (χ0n) is 14.8. The number of nitrogens with two attached hydrogens (primary N) is 1. The SMILES string of the molecule is COc1cc(CCC(=O)N2CCCCC2CN)cc(OC)c1OC. The topological polar surface area (TPSA) is 74.0 Å². The summed E-state index contributed by atoms with van der Waals surface area (Å²) in [7, 11) is 4.75. The molecule has 0 bridgehead atoms. The molecule has 1 saturated heterocycles. The lowest BCUT2D eigenvalue weighted by atomic mass is 10.0. The molecule has 0 aromatic heterocycles. The Morgan fingerprint density at radius 1 is 1.17 bits per heavy atom. The van der Waals surface area contributed by atoms with E-state index in [2.05, 4.69) is 0 Å². The number of methoxy groups -OCH3 is 3. The highest BCUT2D eigenvalue weighted by Crippen LogP contribution is 2.38. The van der Waals surface area contributed by atoms with E-state index >= 15 is 0 Å². The molecule has 1 aromatic rings. The van der Waals surface area contributed by atoms with Crippen molar-refractivity contribution in [2.45, 2.75) is 38.1 Å². The van der Waals surface area contributed by atoms with Crippen molar-refractivity contribution in [1.82, 2.24) is 4.90 Å². The van der Waals surface area contributed by atoms with E-state index in [1.807, 2.05) is 17.0 Å². The molecule has 2 rings (SSSR count). The first-order valence-electron chi connectivity index (χ1n) is 8.43. The minimum atomic E-state index is 0.166. The molecule has 1 atom stereocenters. The third-order valence-corrected chi connectivity index (χ3v) is 4.57. The van der Waals surface area contributed by atoms with Crippen LogP contribution < -0.4 is 19.9 Å². The first-order valence-corrected chi connectivity index (χ1v) is 8.43. The largest absolute Gasteiger partial charge is 0.493 e. The quantitative estimate of drug-likeness (QED) is 0.824. The number of rotatable bonds is 7. The maximum Gasteiger partial charge on any atom is 0.223 e. The first-order chi connectivity index (χ1) is 11.6. The maximum absolute atomic E-state index is 12.6. The van der Waals surface area contributed by atoms with Gasteiger partial charge in [-0.1, -0.05) is 0 Å². The Labute approximate surface area is 143 Å². The Morgan fingerprint density at radius 3 is 2.38 bits per heavy atom. The van der Waals surface area contributed by atoms with Gasteiger partial charge in [-0.3, -0.25) is 4.79 Å². The van der Waals surface area contributed by atoms with Crippen LogP contribution in [0.5, 0.6) is 17.2 Å². The van der Waals surface area contributed by atoms with E-state index < -0.39 is 0 Å². The van der Waals surface area contributed by atoms with Gasteiger partial charge in [0.15, 0.2) is 11.5 Å². The molecule has 1 unspecified atom stereocenters. The van der Waals surface area contributed by atoms with Gasteiger partial charge in [-0.25, -0.2) is 0 Å². The van der Waals surface area contributed by atoms with Crippen LogP contribution in [0.25, 0.3) is 0 Å². The van der Waals surface area contributed by atoms with Gasteiger partial charge >= 0.3 is 0 Å². The van der Waals surface area contributed by atoms with Crippen molar-refractivity contribution in [3.63, 3.8) is 0 Å². The van der Waals surface area contributed by atoms with Crippen LogP contribution >= 0.6 is 0 Å². The Morgan fingerprint density at radius 2 is 1.83 bits per heavy atom. The Balaban J connectivity index is 2.06. The number of nitrogens with zero attached hydrogens (tertiary/aromatic N) is 1. The minimum Gasteiger partial charge on any atom is -0.493 e. The number of likely N-dealkylation sites (tertiary alicyclic amines) is 1. The number of amides is 1. The van der Waals surface area contributed by atoms with E-state index in [1.165, 1.54) is 0 Å². The van der Waals surface area contributed by atoms with E-state index in [9.17, 15) is 4.79 Å². The Kier molecular flexibility index (Phi) is 6.73. The number of hydrogen-bond acceptors (Lipinski definition) is 5. The second-order valence-electron chi connectivity index (χ2n) is 6.01. The molecule has 6 nitrogen and oxygen atoms in total. The maximum atomic E-state index is 12.6. The molecular formula is C18H28N2O4. The van der Waals surface area contributed by atoms with Gasteiger partial charge in [-0.2, -0.15) is 0 Å². The van der Waals surface area contributed by atoms with Gasteiger partial charge in [0.1, 0.15) is 0 Å². The number of hydrogen-bond donors (Lipinski definition) is 1. The zero-order valence-corrected chi connectivity index (χ0v) is 14.8. The smallest absolute Gasteiger partial charge is 0.223 e. The molecule has 1 amide bonds. The standard InChI is InChI=1S/C18H28N2O4/c1-22-15-10-13(11-16(23-2)18(15)24-3)7-8-17(21)20-9-5-4-6-14(20)12-19/h10-11,14H,4-9,12,19H2,1-3H3. The van der Waals surface area contributed by atoms with E-state index in [-0.39, 0.29) is 11.9 Å². The lowest BCUT2D eigenvalue weighted by Crippen LogP contribution is -2.47. The lowest BCUT2D eigenvalue weighted by Gasteiger charge is -2.35. The number of aryl methyl sites for hydroxylation is 1. The van der Waals surface area contributed by atoms with Gasteiger partial charge in [0, 0.05) is 25.6 Å². The van der Waals surface area contributed by atoms with Gasteiger partial charge in [0.2, 0.25) is 11.7 Å². The Hall–Kier alpha value is -1.95. The summed E-state index contributed by atoms with van der Waals surface area (Å²) in [6, 6.07) is 3.97. The summed E-state index contributed by atoms with van der Waals surface area (Å²) >= 11 is 0. The van der Waals surface area contributed by atoms with Crippen LogP contribution in [0.1, 0.15) is 31.2 Å². The van der Waals surface area contributed by atoms with Crippen LogP contribution in [0.15, 0.2) is 12.1 Å². The molecule has 2 N–H and O–H groups in total. The van der Waals surface area contributed by atoms with Crippen LogP contribution in [0, 0.1) is 0 Å². The van der Waals surface area contributed by atoms with Crippen LogP contribution in [0.3, 0.4) is 0 Å². The van der Waals surface area contributed by atoms with Crippen molar-refractivity contribution in [2.75, 3.05) is 34.4 Å². The number of benzene rings is 1. The predicted molar refractivity (Wildman–Crippen MR) is 92.8 cm³/mol. The minimum absolute atomic E-state index is 0.166. The van der Waals surface area contributed by atoms with E-state index in [1.54, 1.807) is 21.3 Å². The molecule has 1 heterocycles. The summed E-state index contributed by atoms with van der Waals surface area (Å²) in [5.41, 5.74) is 6.79. The van der Waals surface area contributed by atoms with Crippen LogP contribution in [0.2, 0.25) is 0 Å². The summed E-state index contributed by atoms with van der Waals surface area (Å²) in [6.45, 7) is 1.35. The molecule has 1 aromatic carbocycles. The van der Waals surface area contributed by atoms with E-state index in [0.29, 0.717) is 36.6 Å². The molecule has 1 fully saturated rings. The first kappa shape index (κ1) is 18.4. The number of carbonyl (C=O) groups excluding carboxylic acids is 1. The Bertz CT molecular complexity index is 537. The van der Waals surface area contributed by atoms with Crippen LogP contribution in [0.4, 0.5) is 0 Å². The molecule has 1 aliphatic rings. The molecular weight excluding hydrogens is 308 g/mol. The van der Waals surface area contributed by atoms with Crippen LogP contribution in [-0.4, -0.2) is 51.3 Å². The third-order valence-electron chi connectivity index (χ3n) is 4.57. The van der Waals surface area contributed by atoms with Gasteiger partial charge in [0.25, 0.3) is 0 Å². The second-order valence-corrected chi connectivity index (χ2v) is 6.01. The summed E-state index contributed by atoms with van der Waals surface area (Å²) in [4.78, 5) is 14.5. The third kappa shape index (κ3) is 4.12. The molecule has 134 valence electrons. The fourth-order valence-corrected chi connectivity index (χ4v) is 3.25. The highest BCUT2D eigenvalue weighted by atomic mass is 16.5. The zero-order chi connectivity index (χ0) is 17.5. The van der Waals surface area contributed by atoms with Gasteiger partial charge in [-0.05, 0) is 43.4 Å². The van der Waals surface area contributed by atoms with Crippen molar-refractivity contribution in [3.8, 4) is 17.2 Å². The van der Waals surface area contributed by atoms with Crippen molar-refractivity contribution in [2.24, 2.45) is 5.73 Å². The normalized spacial score (nSPS) is 17.5. The molecule has 0 radical (unpaired) electrons. The highest BCUT2D eigenvalue weighted by Gasteiger charge is 2.25. The van der Waals surface area contributed by atoms with Crippen molar-refractivity contribution >= 4 is 5.91 Å². The number of ether oxygens (including phenoxy) is 3. The number of piperidine rings is 1. The van der Waals surface area contributed by atoms with Crippen molar-refractivity contribution in [1.29, 1.82) is 0 Å². The second kappa shape index (κ2) is 8.78. The summed E-state index contributed by atoms with van der Waals surface area (Å²) in [5, 5.41) is 0. The molecule has 0 spiro atoms. The van der Waals surface area contributed by atoms with E-state index in [4.69, 9.17) is 19.9 Å². The average molecular weight is 336 g/mol. The van der Waals surface area contributed by atoms with Gasteiger partial charge in [-0.15, -0.1) is 0 Å².